The summed E-state index contributed by atoms with van der Waals surface area (Å²) >= 11 is 0. The maximum absolute atomic E-state index is 12.9. The fourth-order valence-electron chi connectivity index (χ4n) is 2.93. The first kappa shape index (κ1) is 31.5. The Hall–Kier alpha value is -4.76. The molecule has 0 saturated heterocycles. The molecule has 16 heteroatoms. The van der Waals surface area contributed by atoms with E-state index in [2.05, 4.69) is 0 Å². The maximum atomic E-state index is 12.9. The first-order chi connectivity index (χ1) is 18.4. The lowest BCUT2D eigenvalue weighted by molar-refractivity contribution is -0.148. The van der Waals surface area contributed by atoms with Crippen molar-refractivity contribution in [2.24, 2.45) is 0 Å². The molecule has 0 aliphatic heterocycles. The molecule has 40 heavy (non-hydrogen) atoms. The van der Waals surface area contributed by atoms with Gasteiger partial charge in [-0.05, 0) is 41.5 Å². The summed E-state index contributed by atoms with van der Waals surface area (Å²) in [7, 11) is 0. The van der Waals surface area contributed by atoms with Crippen molar-refractivity contribution in [1.29, 1.82) is 0 Å². The highest BCUT2D eigenvalue weighted by atomic mass is 16.7. The first-order valence-corrected chi connectivity index (χ1v) is 11.9. The Morgan fingerprint density at radius 2 is 0.900 bits per heavy atom. The Kier molecular flexibility index (Phi) is 9.75. The molecule has 0 saturated carbocycles. The zero-order valence-electron chi connectivity index (χ0n) is 23.0. The van der Waals surface area contributed by atoms with E-state index in [0.717, 1.165) is 34.1 Å². The lowest BCUT2D eigenvalue weighted by Crippen LogP contribution is -2.48. The highest BCUT2D eigenvalue weighted by Crippen LogP contribution is 2.20. The summed E-state index contributed by atoms with van der Waals surface area (Å²) in [6.45, 7) is 7.30. The Balaban J connectivity index is 2.22. The number of hydrogen-bond donors (Lipinski definition) is 4. The molecule has 222 valence electrons. The molecule has 0 radical (unpaired) electrons. The van der Waals surface area contributed by atoms with Crippen molar-refractivity contribution in [3.8, 4) is 23.5 Å². The van der Waals surface area contributed by atoms with E-state index in [9.17, 15) is 39.6 Å². The number of hydrogen-bond acceptors (Lipinski definition) is 12. The zero-order valence-corrected chi connectivity index (χ0v) is 23.0. The fraction of sp³-hybridized carbons (Fsp3) is 0.500. The van der Waals surface area contributed by atoms with E-state index in [-0.39, 0.29) is 13.1 Å². The standard InChI is InChI=1S/C24H34N4O12/c1-23(2,3)37-21(35)25(13-19(33)39-27-15(29)7-8-16(27)30)11-12-26(22(36)38-24(4,5)6)14-20(34)40-28-17(31)9-10-18(28)32/h7-10,29-32H,11-14H2,1-6H3. The third-order valence-corrected chi connectivity index (χ3v) is 4.56. The van der Waals surface area contributed by atoms with Gasteiger partial charge in [0, 0.05) is 37.4 Å². The lowest BCUT2D eigenvalue weighted by Gasteiger charge is -2.30. The average Bonchev–Trinajstić information content (AvgIpc) is 3.28. The molecule has 0 fully saturated rings. The third-order valence-electron chi connectivity index (χ3n) is 4.56. The average molecular weight is 571 g/mol. The molecule has 0 aliphatic rings. The van der Waals surface area contributed by atoms with Crippen molar-refractivity contribution in [2.75, 3.05) is 26.2 Å². The Labute approximate surface area is 229 Å². The minimum absolute atomic E-state index is 0.375. The highest BCUT2D eigenvalue weighted by Gasteiger charge is 2.30. The second-order valence-corrected chi connectivity index (χ2v) is 10.4. The van der Waals surface area contributed by atoms with E-state index in [4.69, 9.17) is 19.1 Å². The van der Waals surface area contributed by atoms with Gasteiger partial charge < -0.3 is 39.6 Å². The van der Waals surface area contributed by atoms with E-state index in [1.54, 1.807) is 41.5 Å². The second-order valence-electron chi connectivity index (χ2n) is 10.4. The van der Waals surface area contributed by atoms with Crippen LogP contribution in [0.2, 0.25) is 0 Å². The van der Waals surface area contributed by atoms with Crippen molar-refractivity contribution < 1.29 is 58.8 Å². The van der Waals surface area contributed by atoms with Crippen molar-refractivity contribution in [1.82, 2.24) is 19.3 Å². The summed E-state index contributed by atoms with van der Waals surface area (Å²) in [5, 5.41) is 38.8. The molecule has 16 nitrogen and oxygen atoms in total. The SMILES string of the molecule is CC(C)(C)OC(=O)N(CCN(CC(=O)On1c(O)ccc1O)C(=O)OC(C)(C)C)CC(=O)On1c(O)ccc1O. The van der Waals surface area contributed by atoms with E-state index < -0.39 is 71.9 Å². The topological polar surface area (TPSA) is 202 Å². The van der Waals surface area contributed by atoms with Gasteiger partial charge in [-0.2, -0.15) is 0 Å². The van der Waals surface area contributed by atoms with Crippen molar-refractivity contribution in [2.45, 2.75) is 52.7 Å². The predicted molar refractivity (Wildman–Crippen MR) is 134 cm³/mol. The number of ether oxygens (including phenoxy) is 2. The molecule has 2 aromatic rings. The summed E-state index contributed by atoms with van der Waals surface area (Å²) in [5.41, 5.74) is -1.93. The second kappa shape index (κ2) is 12.4. The van der Waals surface area contributed by atoms with Gasteiger partial charge >= 0.3 is 24.1 Å². The Morgan fingerprint density at radius 3 is 1.15 bits per heavy atom. The highest BCUT2D eigenvalue weighted by molar-refractivity contribution is 5.80. The summed E-state index contributed by atoms with van der Waals surface area (Å²) in [4.78, 5) is 62.3. The number of carbonyl (C=O) groups is 4. The van der Waals surface area contributed by atoms with Gasteiger partial charge in [-0.3, -0.25) is 9.80 Å². The van der Waals surface area contributed by atoms with Gasteiger partial charge in [0.25, 0.3) is 0 Å². The van der Waals surface area contributed by atoms with Crippen LogP contribution in [0.25, 0.3) is 0 Å². The smallest absolute Gasteiger partial charge is 0.410 e. The monoisotopic (exact) mass is 570 g/mol. The van der Waals surface area contributed by atoms with Crippen LogP contribution < -0.4 is 9.68 Å². The van der Waals surface area contributed by atoms with Crippen LogP contribution in [0.1, 0.15) is 41.5 Å². The normalized spacial score (nSPS) is 11.4. The van der Waals surface area contributed by atoms with E-state index in [1.165, 1.54) is 0 Å². The third kappa shape index (κ3) is 9.52. The molecule has 0 atom stereocenters. The van der Waals surface area contributed by atoms with Gasteiger partial charge in [0.15, 0.2) is 0 Å². The molecule has 0 bridgehead atoms. The maximum Gasteiger partial charge on any atom is 0.410 e. The van der Waals surface area contributed by atoms with Gasteiger partial charge in [-0.25, -0.2) is 19.2 Å². The van der Waals surface area contributed by atoms with E-state index in [1.807, 2.05) is 0 Å². The number of amides is 2. The van der Waals surface area contributed by atoms with Crippen LogP contribution in [0.5, 0.6) is 23.5 Å². The lowest BCUT2D eigenvalue weighted by atomic mass is 10.2. The van der Waals surface area contributed by atoms with Crippen molar-refractivity contribution in [3.63, 3.8) is 0 Å². The van der Waals surface area contributed by atoms with Gasteiger partial charge in [0.05, 0.1) is 0 Å². The van der Waals surface area contributed by atoms with Crippen LogP contribution in [0.4, 0.5) is 9.59 Å². The number of carbonyl (C=O) groups excluding carboxylic acids is 4. The molecule has 0 aliphatic carbocycles. The van der Waals surface area contributed by atoms with Gasteiger partial charge in [-0.1, -0.05) is 0 Å². The molecule has 2 aromatic heterocycles. The molecule has 0 aromatic carbocycles. The number of nitrogens with zero attached hydrogens (tertiary/aromatic N) is 4. The summed E-state index contributed by atoms with van der Waals surface area (Å²) < 4.78 is 11.5. The summed E-state index contributed by atoms with van der Waals surface area (Å²) in [5.74, 6) is -4.50. The molecule has 2 amide bonds. The van der Waals surface area contributed by atoms with Crippen LogP contribution in [0.15, 0.2) is 24.3 Å². The molecule has 4 N–H and O–H groups in total. The van der Waals surface area contributed by atoms with Crippen molar-refractivity contribution >= 4 is 24.1 Å². The molecular weight excluding hydrogens is 536 g/mol. The fourth-order valence-corrected chi connectivity index (χ4v) is 2.93. The van der Waals surface area contributed by atoms with Crippen LogP contribution in [0.3, 0.4) is 0 Å². The molecule has 2 rings (SSSR count). The van der Waals surface area contributed by atoms with Crippen LogP contribution >= 0.6 is 0 Å². The van der Waals surface area contributed by atoms with E-state index in [0.29, 0.717) is 9.46 Å². The minimum Gasteiger partial charge on any atom is -0.492 e. The van der Waals surface area contributed by atoms with Crippen LogP contribution in [-0.4, -0.2) is 101 Å². The summed E-state index contributed by atoms with van der Waals surface area (Å²) in [6.07, 6.45) is -1.95. The predicted octanol–water partition coefficient (Wildman–Crippen LogP) is 1.20. The largest absolute Gasteiger partial charge is 0.492 e. The molecule has 0 unspecified atom stereocenters. The quantitative estimate of drug-likeness (QED) is 0.336. The molecule has 0 spiro atoms. The number of rotatable bonds is 9. The van der Waals surface area contributed by atoms with Crippen molar-refractivity contribution in [3.05, 3.63) is 24.3 Å². The molecular formula is C24H34N4O12. The van der Waals surface area contributed by atoms with Gasteiger partial charge in [-0.15, -0.1) is 9.46 Å². The van der Waals surface area contributed by atoms with E-state index >= 15 is 0 Å². The van der Waals surface area contributed by atoms with Crippen LogP contribution in [0, 0.1) is 0 Å². The number of aromatic nitrogens is 2. The summed E-state index contributed by atoms with van der Waals surface area (Å²) in [6, 6.07) is 4.27. The first-order valence-electron chi connectivity index (χ1n) is 11.9. The van der Waals surface area contributed by atoms with Crippen LogP contribution in [-0.2, 0) is 19.1 Å². The number of aromatic hydroxyl groups is 4. The Bertz CT molecular complexity index is 1090. The van der Waals surface area contributed by atoms with Gasteiger partial charge in [0.1, 0.15) is 24.3 Å². The Morgan fingerprint density at radius 1 is 0.625 bits per heavy atom. The van der Waals surface area contributed by atoms with Gasteiger partial charge in [0.2, 0.25) is 23.5 Å². The zero-order chi connectivity index (χ0) is 30.4. The molecule has 2 heterocycles. The minimum atomic E-state index is -1.09.